The van der Waals surface area contributed by atoms with Crippen molar-refractivity contribution in [3.63, 3.8) is 0 Å². The van der Waals surface area contributed by atoms with Gasteiger partial charge in [-0.05, 0) is 36.4 Å². The number of carbonyl (C=O) groups is 1. The maximum Gasteiger partial charge on any atom is 0.248 e. The molecule has 0 saturated carbocycles. The van der Waals surface area contributed by atoms with Gasteiger partial charge in [0, 0.05) is 23.5 Å². The Hall–Kier alpha value is -3.22. The Labute approximate surface area is 120 Å². The van der Waals surface area contributed by atoms with Crippen LogP contribution in [-0.4, -0.2) is 25.9 Å². The molecule has 0 unspecified atom stereocenters. The van der Waals surface area contributed by atoms with Crippen molar-refractivity contribution in [2.75, 3.05) is 5.73 Å². The van der Waals surface area contributed by atoms with Gasteiger partial charge in [-0.2, -0.15) is 4.68 Å². The van der Waals surface area contributed by atoms with Gasteiger partial charge in [0.25, 0.3) is 0 Å². The Balaban J connectivity index is 2.01. The highest BCUT2D eigenvalue weighted by Gasteiger charge is 2.13. The van der Waals surface area contributed by atoms with E-state index in [0.29, 0.717) is 22.8 Å². The van der Waals surface area contributed by atoms with Gasteiger partial charge in [0.15, 0.2) is 5.82 Å². The normalized spacial score (nSPS) is 10.5. The standard InChI is InChI=1S/C14H12N6O/c15-13-12(9-5-7-17-8-6-9)18-19-20(13)11-3-1-10(2-4-11)14(16)21/h1-8H,15H2,(H2,16,21). The van der Waals surface area contributed by atoms with Crippen LogP contribution in [0.4, 0.5) is 5.82 Å². The number of carbonyl (C=O) groups excluding carboxylic acids is 1. The molecule has 3 aromatic rings. The zero-order valence-electron chi connectivity index (χ0n) is 11.0. The van der Waals surface area contributed by atoms with E-state index in [9.17, 15) is 4.79 Å². The van der Waals surface area contributed by atoms with Gasteiger partial charge in [-0.3, -0.25) is 9.78 Å². The van der Waals surface area contributed by atoms with Gasteiger partial charge in [0.2, 0.25) is 5.91 Å². The predicted molar refractivity (Wildman–Crippen MR) is 77.5 cm³/mol. The predicted octanol–water partition coefficient (Wildman–Crippen LogP) is 1.01. The minimum absolute atomic E-state index is 0.410. The lowest BCUT2D eigenvalue weighted by Gasteiger charge is -2.04. The van der Waals surface area contributed by atoms with E-state index in [1.54, 1.807) is 48.8 Å². The molecule has 1 aromatic carbocycles. The van der Waals surface area contributed by atoms with Gasteiger partial charge < -0.3 is 11.5 Å². The zero-order valence-corrected chi connectivity index (χ0v) is 11.0. The Morgan fingerprint density at radius 2 is 1.71 bits per heavy atom. The van der Waals surface area contributed by atoms with E-state index >= 15 is 0 Å². The summed E-state index contributed by atoms with van der Waals surface area (Å²) in [6, 6.07) is 10.3. The molecule has 4 N–H and O–H groups in total. The number of aromatic nitrogens is 4. The third-order valence-electron chi connectivity index (χ3n) is 3.06. The molecule has 0 bridgehead atoms. The lowest BCUT2D eigenvalue weighted by molar-refractivity contribution is 0.100. The summed E-state index contributed by atoms with van der Waals surface area (Å²) < 4.78 is 1.50. The van der Waals surface area contributed by atoms with Gasteiger partial charge in [-0.25, -0.2) is 0 Å². The fourth-order valence-corrected chi connectivity index (χ4v) is 1.96. The highest BCUT2D eigenvalue weighted by molar-refractivity contribution is 5.92. The highest BCUT2D eigenvalue weighted by atomic mass is 16.1. The Morgan fingerprint density at radius 3 is 2.33 bits per heavy atom. The molecule has 1 amide bonds. The minimum atomic E-state index is -0.481. The monoisotopic (exact) mass is 280 g/mol. The molecule has 0 aliphatic heterocycles. The van der Waals surface area contributed by atoms with Crippen LogP contribution in [-0.2, 0) is 0 Å². The number of rotatable bonds is 3. The number of pyridine rings is 1. The molecule has 104 valence electrons. The molecule has 0 fully saturated rings. The van der Waals surface area contributed by atoms with Gasteiger partial charge in [-0.1, -0.05) is 5.21 Å². The van der Waals surface area contributed by atoms with Crippen molar-refractivity contribution < 1.29 is 4.79 Å². The van der Waals surface area contributed by atoms with Crippen molar-refractivity contribution in [1.29, 1.82) is 0 Å². The second-order valence-electron chi connectivity index (χ2n) is 4.38. The molecule has 2 aromatic heterocycles. The van der Waals surface area contributed by atoms with Gasteiger partial charge in [-0.15, -0.1) is 5.10 Å². The minimum Gasteiger partial charge on any atom is -0.382 e. The molecule has 0 aliphatic carbocycles. The van der Waals surface area contributed by atoms with Crippen molar-refractivity contribution in [2.24, 2.45) is 5.73 Å². The first-order chi connectivity index (χ1) is 10.2. The molecule has 0 atom stereocenters. The lowest BCUT2D eigenvalue weighted by Crippen LogP contribution is -2.11. The second kappa shape index (κ2) is 5.04. The average molecular weight is 280 g/mol. The number of hydrogen-bond acceptors (Lipinski definition) is 5. The third-order valence-corrected chi connectivity index (χ3v) is 3.06. The van der Waals surface area contributed by atoms with Crippen LogP contribution < -0.4 is 11.5 Å². The maximum atomic E-state index is 11.1. The number of nitrogens with two attached hydrogens (primary N) is 2. The molecule has 0 saturated heterocycles. The summed E-state index contributed by atoms with van der Waals surface area (Å²) in [5, 5.41) is 8.13. The Morgan fingerprint density at radius 1 is 1.05 bits per heavy atom. The van der Waals surface area contributed by atoms with Crippen LogP contribution in [0, 0.1) is 0 Å². The number of benzene rings is 1. The summed E-state index contributed by atoms with van der Waals surface area (Å²) in [5.74, 6) is -0.0707. The summed E-state index contributed by atoms with van der Waals surface area (Å²) in [7, 11) is 0. The summed E-state index contributed by atoms with van der Waals surface area (Å²) in [4.78, 5) is 15.0. The zero-order chi connectivity index (χ0) is 14.8. The molecule has 7 heteroatoms. The van der Waals surface area contributed by atoms with E-state index in [0.717, 1.165) is 5.56 Å². The van der Waals surface area contributed by atoms with E-state index < -0.39 is 5.91 Å². The number of nitrogens with zero attached hydrogens (tertiary/aromatic N) is 4. The van der Waals surface area contributed by atoms with Crippen molar-refractivity contribution in [3.8, 4) is 16.9 Å². The quantitative estimate of drug-likeness (QED) is 0.743. The number of nitrogen functional groups attached to an aromatic ring is 1. The first kappa shape index (κ1) is 12.8. The summed E-state index contributed by atoms with van der Waals surface area (Å²) in [5.41, 5.74) is 13.8. The van der Waals surface area contributed by atoms with E-state index in [-0.39, 0.29) is 0 Å². The van der Waals surface area contributed by atoms with Crippen LogP contribution in [0.3, 0.4) is 0 Å². The SMILES string of the molecule is NC(=O)c1ccc(-n2nnc(-c3ccncc3)c2N)cc1. The molecule has 0 radical (unpaired) electrons. The fraction of sp³-hybridized carbons (Fsp3) is 0. The van der Waals surface area contributed by atoms with E-state index in [1.807, 2.05) is 0 Å². The molecular weight excluding hydrogens is 268 g/mol. The number of amides is 1. The Kier molecular flexibility index (Phi) is 3.07. The van der Waals surface area contributed by atoms with Crippen LogP contribution in [0.15, 0.2) is 48.8 Å². The summed E-state index contributed by atoms with van der Waals surface area (Å²) >= 11 is 0. The summed E-state index contributed by atoms with van der Waals surface area (Å²) in [6.07, 6.45) is 3.32. The van der Waals surface area contributed by atoms with Crippen molar-refractivity contribution in [2.45, 2.75) is 0 Å². The number of primary amides is 1. The molecule has 0 spiro atoms. The van der Waals surface area contributed by atoms with E-state index in [2.05, 4.69) is 15.3 Å². The lowest BCUT2D eigenvalue weighted by atomic mass is 10.2. The first-order valence-corrected chi connectivity index (χ1v) is 6.18. The van der Waals surface area contributed by atoms with Crippen molar-refractivity contribution >= 4 is 11.7 Å². The van der Waals surface area contributed by atoms with Crippen LogP contribution in [0.25, 0.3) is 16.9 Å². The van der Waals surface area contributed by atoms with Crippen molar-refractivity contribution in [1.82, 2.24) is 20.0 Å². The first-order valence-electron chi connectivity index (χ1n) is 6.18. The third kappa shape index (κ3) is 2.32. The highest BCUT2D eigenvalue weighted by Crippen LogP contribution is 2.24. The molecular formula is C14H12N6O. The Bertz CT molecular complexity index is 779. The molecule has 7 nitrogen and oxygen atoms in total. The smallest absolute Gasteiger partial charge is 0.248 e. The number of anilines is 1. The van der Waals surface area contributed by atoms with Crippen molar-refractivity contribution in [3.05, 3.63) is 54.4 Å². The van der Waals surface area contributed by atoms with Crippen LogP contribution >= 0.6 is 0 Å². The molecule has 2 heterocycles. The van der Waals surface area contributed by atoms with Gasteiger partial charge in [0.05, 0.1) is 5.69 Å². The van der Waals surface area contributed by atoms with Crippen LogP contribution in [0.5, 0.6) is 0 Å². The van der Waals surface area contributed by atoms with Gasteiger partial charge >= 0.3 is 0 Å². The molecule has 0 aliphatic rings. The van der Waals surface area contributed by atoms with Gasteiger partial charge in [0.1, 0.15) is 5.69 Å². The van der Waals surface area contributed by atoms with Crippen LogP contribution in [0.2, 0.25) is 0 Å². The van der Waals surface area contributed by atoms with E-state index in [1.165, 1.54) is 4.68 Å². The average Bonchev–Trinajstić information content (AvgIpc) is 2.90. The fourth-order valence-electron chi connectivity index (χ4n) is 1.96. The van der Waals surface area contributed by atoms with E-state index in [4.69, 9.17) is 11.5 Å². The molecule has 21 heavy (non-hydrogen) atoms. The number of hydrogen-bond donors (Lipinski definition) is 2. The maximum absolute atomic E-state index is 11.1. The van der Waals surface area contributed by atoms with Crippen LogP contribution in [0.1, 0.15) is 10.4 Å². The topological polar surface area (TPSA) is 113 Å². The molecule has 3 rings (SSSR count). The largest absolute Gasteiger partial charge is 0.382 e. The second-order valence-corrected chi connectivity index (χ2v) is 4.38. The summed E-state index contributed by atoms with van der Waals surface area (Å²) in [6.45, 7) is 0.